The van der Waals surface area contributed by atoms with Crippen molar-refractivity contribution < 1.29 is 9.18 Å². The van der Waals surface area contributed by atoms with Crippen molar-refractivity contribution in [3.05, 3.63) is 34.1 Å². The van der Waals surface area contributed by atoms with Gasteiger partial charge in [0.2, 0.25) is 5.91 Å². The fourth-order valence-corrected chi connectivity index (χ4v) is 3.40. The third-order valence-electron chi connectivity index (χ3n) is 4.56. The average Bonchev–Trinajstić information content (AvgIpc) is 3.14. The van der Waals surface area contributed by atoms with Crippen LogP contribution in [0.25, 0.3) is 0 Å². The van der Waals surface area contributed by atoms with E-state index in [1.807, 2.05) is 6.07 Å². The van der Waals surface area contributed by atoms with Gasteiger partial charge in [0.15, 0.2) is 0 Å². The molecule has 1 aromatic carbocycles. The Morgan fingerprint density at radius 3 is 2.90 bits per heavy atom. The lowest BCUT2D eigenvalue weighted by Gasteiger charge is -2.23. The van der Waals surface area contributed by atoms with E-state index in [-0.39, 0.29) is 23.1 Å². The molecule has 1 atom stereocenters. The largest absolute Gasteiger partial charge is 0.352 e. The minimum Gasteiger partial charge on any atom is -0.352 e. The van der Waals surface area contributed by atoms with Gasteiger partial charge in [-0.2, -0.15) is 0 Å². The van der Waals surface area contributed by atoms with Gasteiger partial charge in [0.1, 0.15) is 5.82 Å². The summed E-state index contributed by atoms with van der Waals surface area (Å²) < 4.78 is 13.8. The van der Waals surface area contributed by atoms with Gasteiger partial charge >= 0.3 is 0 Å². The molecule has 1 amide bonds. The van der Waals surface area contributed by atoms with E-state index < -0.39 is 0 Å². The first-order valence-corrected chi connectivity index (χ1v) is 7.82. The summed E-state index contributed by atoms with van der Waals surface area (Å²) >= 11 is 3.12. The van der Waals surface area contributed by atoms with E-state index in [4.69, 9.17) is 0 Å². The molecule has 20 heavy (non-hydrogen) atoms. The summed E-state index contributed by atoms with van der Waals surface area (Å²) in [5, 5.41) is 6.27. The zero-order chi connectivity index (χ0) is 14.2. The number of halogens is 2. The first kappa shape index (κ1) is 14.0. The molecule has 1 heterocycles. The molecule has 108 valence electrons. The number of amides is 1. The molecule has 2 aliphatic rings. The zero-order valence-electron chi connectivity index (χ0n) is 11.2. The van der Waals surface area contributed by atoms with Crippen molar-refractivity contribution in [1.82, 2.24) is 10.6 Å². The highest BCUT2D eigenvalue weighted by atomic mass is 79.9. The van der Waals surface area contributed by atoms with Crippen molar-refractivity contribution in [1.29, 1.82) is 0 Å². The number of benzene rings is 1. The molecule has 1 aromatic rings. The van der Waals surface area contributed by atoms with Gasteiger partial charge in [-0.15, -0.1) is 0 Å². The van der Waals surface area contributed by atoms with Gasteiger partial charge in [0.05, 0.1) is 4.47 Å². The van der Waals surface area contributed by atoms with Crippen LogP contribution in [0, 0.1) is 17.2 Å². The van der Waals surface area contributed by atoms with Crippen molar-refractivity contribution in [2.45, 2.75) is 25.8 Å². The van der Waals surface area contributed by atoms with Crippen molar-refractivity contribution >= 4 is 21.8 Å². The molecule has 0 radical (unpaired) electrons. The lowest BCUT2D eigenvalue weighted by Crippen LogP contribution is -2.33. The quantitative estimate of drug-likeness (QED) is 0.887. The third-order valence-corrected chi connectivity index (χ3v) is 5.20. The highest BCUT2D eigenvalue weighted by Crippen LogP contribution is 2.58. The Hall–Kier alpha value is -0.940. The van der Waals surface area contributed by atoms with Crippen LogP contribution in [0.5, 0.6) is 0 Å². The SMILES string of the molecule is O=C(NCc1ccc(Br)c(F)c1)C1CC12CCNCC2. The smallest absolute Gasteiger partial charge is 0.223 e. The first-order valence-electron chi connectivity index (χ1n) is 7.03. The minimum atomic E-state index is -0.294. The number of carbonyl (C=O) groups is 1. The van der Waals surface area contributed by atoms with Crippen molar-refractivity contribution in [3.8, 4) is 0 Å². The number of rotatable bonds is 3. The van der Waals surface area contributed by atoms with Gasteiger partial charge in [0.25, 0.3) is 0 Å². The molecule has 1 aliphatic carbocycles. The van der Waals surface area contributed by atoms with E-state index >= 15 is 0 Å². The standard InChI is InChI=1S/C15H18BrFN2O/c16-12-2-1-10(7-13(12)17)9-19-14(20)11-8-15(11)3-5-18-6-4-15/h1-2,7,11,18H,3-6,8-9H2,(H,19,20). The Morgan fingerprint density at radius 1 is 1.45 bits per heavy atom. The summed E-state index contributed by atoms with van der Waals surface area (Å²) in [6, 6.07) is 4.94. The van der Waals surface area contributed by atoms with Crippen molar-refractivity contribution in [2.24, 2.45) is 11.3 Å². The Bertz CT molecular complexity index is 529. The minimum absolute atomic E-state index is 0.121. The number of carbonyl (C=O) groups excluding carboxylic acids is 1. The third kappa shape index (κ3) is 2.74. The predicted molar refractivity (Wildman–Crippen MR) is 78.6 cm³/mol. The summed E-state index contributed by atoms with van der Waals surface area (Å²) in [7, 11) is 0. The highest BCUT2D eigenvalue weighted by Gasteiger charge is 2.57. The number of hydrogen-bond acceptors (Lipinski definition) is 2. The molecule has 1 aliphatic heterocycles. The van der Waals surface area contributed by atoms with Crippen LogP contribution in [-0.4, -0.2) is 19.0 Å². The second kappa shape index (κ2) is 5.45. The zero-order valence-corrected chi connectivity index (χ0v) is 12.8. The lowest BCUT2D eigenvalue weighted by molar-refractivity contribution is -0.123. The van der Waals surface area contributed by atoms with E-state index in [2.05, 4.69) is 26.6 Å². The van der Waals surface area contributed by atoms with E-state index in [0.717, 1.165) is 37.9 Å². The van der Waals surface area contributed by atoms with E-state index in [0.29, 0.717) is 11.0 Å². The topological polar surface area (TPSA) is 41.1 Å². The van der Waals surface area contributed by atoms with Crippen molar-refractivity contribution in [3.63, 3.8) is 0 Å². The van der Waals surface area contributed by atoms with Crippen LogP contribution in [0.4, 0.5) is 4.39 Å². The monoisotopic (exact) mass is 340 g/mol. The predicted octanol–water partition coefficient (Wildman–Crippen LogP) is 2.59. The molecule has 3 nitrogen and oxygen atoms in total. The number of hydrogen-bond donors (Lipinski definition) is 2. The molecule has 2 N–H and O–H groups in total. The molecule has 1 saturated carbocycles. The van der Waals surface area contributed by atoms with Crippen molar-refractivity contribution in [2.75, 3.05) is 13.1 Å². The fraction of sp³-hybridized carbons (Fsp3) is 0.533. The van der Waals surface area contributed by atoms with Crippen LogP contribution >= 0.6 is 15.9 Å². The van der Waals surface area contributed by atoms with Crippen LogP contribution in [-0.2, 0) is 11.3 Å². The second-order valence-electron chi connectivity index (χ2n) is 5.84. The summed E-state index contributed by atoms with van der Waals surface area (Å²) in [6.45, 7) is 2.43. The van der Waals surface area contributed by atoms with Gasteiger partial charge < -0.3 is 10.6 Å². The summed E-state index contributed by atoms with van der Waals surface area (Å²) in [6.07, 6.45) is 3.20. The Morgan fingerprint density at radius 2 is 2.20 bits per heavy atom. The van der Waals surface area contributed by atoms with Gasteiger partial charge in [-0.1, -0.05) is 6.07 Å². The molecular formula is C15H18BrFN2O. The molecule has 2 fully saturated rings. The Labute approximate surface area is 126 Å². The van der Waals surface area contributed by atoms with Gasteiger partial charge in [-0.05, 0) is 71.4 Å². The molecular weight excluding hydrogens is 323 g/mol. The van der Waals surface area contributed by atoms with E-state index in [9.17, 15) is 9.18 Å². The lowest BCUT2D eigenvalue weighted by atomic mass is 9.92. The summed E-state index contributed by atoms with van der Waals surface area (Å²) in [4.78, 5) is 12.2. The Kier molecular flexibility index (Phi) is 3.82. The maximum atomic E-state index is 13.4. The molecule has 1 unspecified atom stereocenters. The molecule has 1 spiro atoms. The van der Waals surface area contributed by atoms with Crippen LogP contribution in [0.3, 0.4) is 0 Å². The van der Waals surface area contributed by atoms with E-state index in [1.54, 1.807) is 6.07 Å². The Balaban J connectivity index is 1.54. The summed E-state index contributed by atoms with van der Waals surface area (Å²) in [5.74, 6) is -0.0156. The summed E-state index contributed by atoms with van der Waals surface area (Å²) in [5.41, 5.74) is 1.04. The van der Waals surface area contributed by atoms with Gasteiger partial charge in [-0.3, -0.25) is 4.79 Å². The molecule has 3 rings (SSSR count). The van der Waals surface area contributed by atoms with Crippen LogP contribution in [0.1, 0.15) is 24.8 Å². The molecule has 0 bridgehead atoms. The molecule has 1 saturated heterocycles. The van der Waals surface area contributed by atoms with Gasteiger partial charge in [0, 0.05) is 12.5 Å². The number of piperidine rings is 1. The molecule has 5 heteroatoms. The average molecular weight is 341 g/mol. The number of nitrogens with one attached hydrogen (secondary N) is 2. The first-order chi connectivity index (χ1) is 9.61. The second-order valence-corrected chi connectivity index (χ2v) is 6.69. The van der Waals surface area contributed by atoms with Crippen LogP contribution in [0.15, 0.2) is 22.7 Å². The van der Waals surface area contributed by atoms with E-state index in [1.165, 1.54) is 6.07 Å². The normalized spacial score (nSPS) is 23.6. The van der Waals surface area contributed by atoms with Gasteiger partial charge in [-0.25, -0.2) is 4.39 Å². The highest BCUT2D eigenvalue weighted by molar-refractivity contribution is 9.10. The molecule has 0 aromatic heterocycles. The fourth-order valence-electron chi connectivity index (χ4n) is 3.16. The van der Waals surface area contributed by atoms with Crippen LogP contribution in [0.2, 0.25) is 0 Å². The van der Waals surface area contributed by atoms with Crippen LogP contribution < -0.4 is 10.6 Å². The maximum absolute atomic E-state index is 13.4. The maximum Gasteiger partial charge on any atom is 0.223 e.